The number of hydrazine groups is 1. The molecule has 0 bridgehead atoms. The summed E-state index contributed by atoms with van der Waals surface area (Å²) in [5, 5.41) is 17.0. The summed E-state index contributed by atoms with van der Waals surface area (Å²) >= 11 is 6.04. The van der Waals surface area contributed by atoms with Gasteiger partial charge in [0.25, 0.3) is 15.9 Å². The van der Waals surface area contributed by atoms with Crippen molar-refractivity contribution in [2.24, 2.45) is 0 Å². The average molecular weight is 551 g/mol. The smallest absolute Gasteiger partial charge is 0.328 e. The van der Waals surface area contributed by atoms with E-state index in [4.69, 9.17) is 26.6 Å². The molecule has 12 heteroatoms. The number of ether oxygens (including phenoxy) is 1. The zero-order chi connectivity index (χ0) is 27.2. The number of nitrogens with zero attached hydrogens (tertiary/aromatic N) is 2. The monoisotopic (exact) mass is 550 g/mol. The molecule has 2 aromatic rings. The van der Waals surface area contributed by atoms with E-state index in [1.54, 1.807) is 41.4 Å². The third kappa shape index (κ3) is 6.55. The van der Waals surface area contributed by atoms with Crippen molar-refractivity contribution in [3.05, 3.63) is 82.4 Å². The van der Waals surface area contributed by atoms with Crippen LogP contribution in [0.25, 0.3) is 0 Å². The number of halogens is 1. The predicted octanol–water partition coefficient (Wildman–Crippen LogP) is 3.32. The van der Waals surface area contributed by atoms with Crippen LogP contribution in [0.2, 0.25) is 5.02 Å². The molecule has 2 atom stereocenters. The number of morpholine rings is 1. The van der Waals surface area contributed by atoms with E-state index in [-0.39, 0.29) is 5.92 Å². The Bertz CT molecular complexity index is 1260. The normalized spacial score (nSPS) is 20.0. The molecule has 2 heterocycles. The molecule has 0 saturated carbocycles. The Kier molecular flexibility index (Phi) is 9.44. The molecule has 1 saturated heterocycles. The van der Waals surface area contributed by atoms with Gasteiger partial charge in [-0.15, -0.1) is 0 Å². The highest BCUT2D eigenvalue weighted by Crippen LogP contribution is 2.46. The van der Waals surface area contributed by atoms with Crippen LogP contribution < -0.4 is 0 Å². The summed E-state index contributed by atoms with van der Waals surface area (Å²) in [5.41, 5.74) is 1.88. The van der Waals surface area contributed by atoms with Gasteiger partial charge in [0.05, 0.1) is 13.2 Å². The molecule has 2 aliphatic heterocycles. The maximum atomic E-state index is 13.8. The topological polar surface area (TPSA) is 142 Å². The van der Waals surface area contributed by atoms with Crippen LogP contribution in [-0.2, 0) is 24.3 Å². The van der Waals surface area contributed by atoms with Gasteiger partial charge < -0.3 is 14.9 Å². The summed E-state index contributed by atoms with van der Waals surface area (Å²) in [4.78, 5) is 32.3. The third-order valence-corrected chi connectivity index (χ3v) is 8.30. The maximum Gasteiger partial charge on any atom is 0.328 e. The number of aliphatic carboxylic acids is 2. The minimum Gasteiger partial charge on any atom is -0.478 e. The second-order valence-corrected chi connectivity index (χ2v) is 10.6. The summed E-state index contributed by atoms with van der Waals surface area (Å²) in [6, 6.07) is 14.3. The highest BCUT2D eigenvalue weighted by molar-refractivity contribution is 7.90. The van der Waals surface area contributed by atoms with E-state index < -0.39 is 33.1 Å². The van der Waals surface area contributed by atoms with Crippen molar-refractivity contribution in [1.82, 2.24) is 9.42 Å². The standard InChI is InChI=1S/C21H23ClN2O4S.C4H4O4/c1-2-17(15-7-9-16(22)10-8-15)20-18-5-3-4-6-19(18)21(25)24(29(20,26)27)23-11-13-28-14-12-23;5-3(6)1-2-4(7)8/h3-10,17,20H,2,11-14H2,1H3;1-2H,(H,5,6)(H,7,8). The second kappa shape index (κ2) is 12.3. The van der Waals surface area contributed by atoms with Crippen LogP contribution in [0, 0.1) is 0 Å². The van der Waals surface area contributed by atoms with E-state index in [1.807, 2.05) is 19.1 Å². The van der Waals surface area contributed by atoms with Crippen molar-refractivity contribution < 1.29 is 37.8 Å². The first-order valence-corrected chi connectivity index (χ1v) is 13.4. The highest BCUT2D eigenvalue weighted by atomic mass is 35.5. The van der Waals surface area contributed by atoms with Crippen molar-refractivity contribution in [3.63, 3.8) is 0 Å². The number of carboxylic acid groups (broad SMARTS) is 2. The fourth-order valence-electron chi connectivity index (χ4n) is 4.35. The van der Waals surface area contributed by atoms with Crippen molar-refractivity contribution >= 4 is 39.5 Å². The molecule has 0 radical (unpaired) electrons. The molecule has 0 aromatic heterocycles. The number of carbonyl (C=O) groups is 3. The van der Waals surface area contributed by atoms with Crippen molar-refractivity contribution in [1.29, 1.82) is 0 Å². The Morgan fingerprint density at radius 3 is 2.16 bits per heavy atom. The second-order valence-electron chi connectivity index (χ2n) is 8.24. The highest BCUT2D eigenvalue weighted by Gasteiger charge is 2.49. The number of carboxylic acids is 2. The first-order chi connectivity index (χ1) is 17.6. The van der Waals surface area contributed by atoms with Crippen molar-refractivity contribution in [2.75, 3.05) is 26.3 Å². The summed E-state index contributed by atoms with van der Waals surface area (Å²) in [6.45, 7) is 3.46. The Labute approximate surface area is 219 Å². The van der Waals surface area contributed by atoms with E-state index in [1.165, 1.54) is 0 Å². The molecule has 2 aromatic carbocycles. The lowest BCUT2D eigenvalue weighted by Crippen LogP contribution is -2.57. The minimum atomic E-state index is -3.97. The van der Waals surface area contributed by atoms with E-state index in [0.717, 1.165) is 9.98 Å². The molecule has 2 N–H and O–H groups in total. The Morgan fingerprint density at radius 2 is 1.62 bits per heavy atom. The van der Waals surface area contributed by atoms with Crippen molar-refractivity contribution in [2.45, 2.75) is 24.5 Å². The fraction of sp³-hybridized carbons (Fsp3) is 0.320. The van der Waals surface area contributed by atoms with Gasteiger partial charge in [0.2, 0.25) is 0 Å². The fourth-order valence-corrected chi connectivity index (χ4v) is 6.80. The Hall–Kier alpha value is -3.25. The van der Waals surface area contributed by atoms with Gasteiger partial charge in [-0.2, -0.15) is 9.42 Å². The van der Waals surface area contributed by atoms with E-state index in [9.17, 15) is 22.8 Å². The lowest BCUT2D eigenvalue weighted by Gasteiger charge is -2.43. The van der Waals surface area contributed by atoms with Gasteiger partial charge in [-0.25, -0.2) is 18.0 Å². The first-order valence-electron chi connectivity index (χ1n) is 11.5. The number of fused-ring (bicyclic) bond motifs is 1. The molecule has 0 aliphatic carbocycles. The maximum absolute atomic E-state index is 13.8. The van der Waals surface area contributed by atoms with Crippen LogP contribution in [-0.4, -0.2) is 72.2 Å². The van der Waals surface area contributed by atoms with Crippen LogP contribution in [0.15, 0.2) is 60.7 Å². The number of carbonyl (C=O) groups excluding carboxylic acids is 1. The average Bonchev–Trinajstić information content (AvgIpc) is 2.87. The SMILES string of the molecule is CCC(c1ccc(Cl)cc1)C1c2ccccc2C(=O)N(N2CCOCC2)S1(=O)=O.O=C(O)C=CC(=O)O. The number of rotatable bonds is 6. The quantitative estimate of drug-likeness (QED) is 0.518. The molecular formula is C25H27ClN2O8S. The molecule has 2 unspecified atom stereocenters. The molecule has 1 fully saturated rings. The van der Waals surface area contributed by atoms with E-state index >= 15 is 0 Å². The number of hydrogen-bond acceptors (Lipinski definition) is 7. The molecule has 0 spiro atoms. The number of benzene rings is 2. The van der Waals surface area contributed by atoms with E-state index in [0.29, 0.717) is 61.0 Å². The van der Waals surface area contributed by atoms with Crippen LogP contribution in [0.5, 0.6) is 0 Å². The minimum absolute atomic E-state index is 0.310. The van der Waals surface area contributed by atoms with Gasteiger partial charge in [0.15, 0.2) is 0 Å². The lowest BCUT2D eigenvalue weighted by molar-refractivity contribution is -0.134. The summed E-state index contributed by atoms with van der Waals surface area (Å²) in [6.07, 6.45) is 1.72. The largest absolute Gasteiger partial charge is 0.478 e. The molecule has 198 valence electrons. The van der Waals surface area contributed by atoms with Crippen LogP contribution in [0.3, 0.4) is 0 Å². The summed E-state index contributed by atoms with van der Waals surface area (Å²) in [7, 11) is -3.97. The summed E-state index contributed by atoms with van der Waals surface area (Å²) < 4.78 is 34.0. The Morgan fingerprint density at radius 1 is 1.05 bits per heavy atom. The number of amides is 1. The van der Waals surface area contributed by atoms with Gasteiger partial charge in [-0.1, -0.05) is 48.9 Å². The number of hydrogen-bond donors (Lipinski definition) is 2. The Balaban J connectivity index is 0.000000414. The zero-order valence-corrected chi connectivity index (χ0v) is 21.6. The van der Waals surface area contributed by atoms with Crippen LogP contribution >= 0.6 is 11.6 Å². The molecule has 37 heavy (non-hydrogen) atoms. The predicted molar refractivity (Wildman–Crippen MR) is 136 cm³/mol. The van der Waals surface area contributed by atoms with Gasteiger partial charge in [0, 0.05) is 41.7 Å². The number of sulfonamides is 1. The van der Waals surface area contributed by atoms with Gasteiger partial charge >= 0.3 is 11.9 Å². The molecular weight excluding hydrogens is 524 g/mol. The summed E-state index contributed by atoms with van der Waals surface area (Å²) in [5.74, 6) is -3.32. The van der Waals surface area contributed by atoms with Gasteiger partial charge in [-0.05, 0) is 35.7 Å². The molecule has 1 amide bonds. The van der Waals surface area contributed by atoms with Gasteiger partial charge in [0.1, 0.15) is 5.25 Å². The molecule has 4 rings (SSSR count). The lowest BCUT2D eigenvalue weighted by atomic mass is 9.87. The van der Waals surface area contributed by atoms with Crippen LogP contribution in [0.1, 0.15) is 46.0 Å². The molecule has 2 aliphatic rings. The van der Waals surface area contributed by atoms with Gasteiger partial charge in [-0.3, -0.25) is 4.79 Å². The first kappa shape index (κ1) is 28.3. The van der Waals surface area contributed by atoms with Crippen LogP contribution in [0.4, 0.5) is 0 Å². The van der Waals surface area contributed by atoms with Crippen molar-refractivity contribution in [3.8, 4) is 0 Å². The van der Waals surface area contributed by atoms with E-state index in [2.05, 4.69) is 0 Å². The third-order valence-electron chi connectivity index (χ3n) is 5.95. The zero-order valence-electron chi connectivity index (χ0n) is 20.0. The molecule has 10 nitrogen and oxygen atoms in total.